The fraction of sp³-hybridized carbons (Fsp3) is 0.571. The van der Waals surface area contributed by atoms with Gasteiger partial charge in [-0.15, -0.1) is 0 Å². The summed E-state index contributed by atoms with van der Waals surface area (Å²) in [6.07, 6.45) is 2.17. The van der Waals surface area contributed by atoms with Crippen LogP contribution >= 0.6 is 0 Å². The van der Waals surface area contributed by atoms with Crippen LogP contribution in [0.25, 0.3) is 0 Å². The van der Waals surface area contributed by atoms with Crippen molar-refractivity contribution in [2.75, 3.05) is 0 Å². The zero-order chi connectivity index (χ0) is 11.8. The normalized spacial score (nSPS) is 16.7. The van der Waals surface area contributed by atoms with Crippen molar-refractivity contribution >= 4 is 0 Å². The minimum Gasteiger partial charge on any atom is -0.508 e. The van der Waals surface area contributed by atoms with Crippen LogP contribution in [0.5, 0.6) is 5.75 Å². The molecule has 1 atom stereocenters. The number of rotatable bonds is 0. The predicted molar refractivity (Wildman–Crippen MR) is 67.4 cm³/mol. The largest absolute Gasteiger partial charge is 0.508 e. The molecule has 86 valence electrons. The molecule has 0 heterocycles. The van der Waals surface area contributed by atoms with E-state index in [1.807, 2.05) is 33.8 Å². The third-order valence-electron chi connectivity index (χ3n) is 2.37. The molecule has 0 amide bonds. The maximum atomic E-state index is 9.45. The van der Waals surface area contributed by atoms with E-state index in [1.54, 1.807) is 6.07 Å². The van der Waals surface area contributed by atoms with Crippen LogP contribution in [0.4, 0.5) is 0 Å². The molecule has 1 heteroatoms. The lowest BCUT2D eigenvalue weighted by molar-refractivity contribution is 0.466. The van der Waals surface area contributed by atoms with Gasteiger partial charge in [-0.05, 0) is 36.0 Å². The molecule has 0 radical (unpaired) electrons. The van der Waals surface area contributed by atoms with Crippen LogP contribution in [0.2, 0.25) is 0 Å². The van der Waals surface area contributed by atoms with Gasteiger partial charge in [-0.3, -0.25) is 0 Å². The maximum Gasteiger partial charge on any atom is 0.119 e. The van der Waals surface area contributed by atoms with Crippen LogP contribution in [0, 0.1) is 5.92 Å². The molecular formula is C14H24O. The highest BCUT2D eigenvalue weighted by molar-refractivity contribution is 5.42. The van der Waals surface area contributed by atoms with Gasteiger partial charge < -0.3 is 5.11 Å². The second-order valence-corrected chi connectivity index (χ2v) is 3.43. The van der Waals surface area contributed by atoms with E-state index in [0.29, 0.717) is 11.7 Å². The van der Waals surface area contributed by atoms with Gasteiger partial charge in [0.2, 0.25) is 0 Å². The van der Waals surface area contributed by atoms with E-state index < -0.39 is 0 Å². The minimum atomic E-state index is 0.479. The fourth-order valence-corrected chi connectivity index (χ4v) is 1.84. The van der Waals surface area contributed by atoms with Crippen LogP contribution in [0.3, 0.4) is 0 Å². The van der Waals surface area contributed by atoms with Gasteiger partial charge in [-0.2, -0.15) is 0 Å². The van der Waals surface area contributed by atoms with Crippen molar-refractivity contribution in [1.82, 2.24) is 0 Å². The Bertz CT molecular complexity index is 279. The summed E-state index contributed by atoms with van der Waals surface area (Å²) in [5.41, 5.74) is 2.50. The van der Waals surface area contributed by atoms with Gasteiger partial charge in [0.05, 0.1) is 0 Å². The van der Waals surface area contributed by atoms with Crippen molar-refractivity contribution < 1.29 is 5.11 Å². The molecule has 0 saturated carbocycles. The average molecular weight is 208 g/mol. The first-order valence-corrected chi connectivity index (χ1v) is 6.07. The molecule has 0 spiro atoms. The monoisotopic (exact) mass is 208 g/mol. The smallest absolute Gasteiger partial charge is 0.119 e. The van der Waals surface area contributed by atoms with Crippen molar-refractivity contribution in [2.24, 2.45) is 5.92 Å². The van der Waals surface area contributed by atoms with E-state index in [1.165, 1.54) is 11.1 Å². The Morgan fingerprint density at radius 3 is 2.20 bits per heavy atom. The van der Waals surface area contributed by atoms with E-state index in [0.717, 1.165) is 12.8 Å². The van der Waals surface area contributed by atoms with Gasteiger partial charge in [0.15, 0.2) is 0 Å². The summed E-state index contributed by atoms with van der Waals surface area (Å²) in [7, 11) is 0. The molecule has 1 aromatic carbocycles. The number of phenolic OH excluding ortho intramolecular Hbond substituents is 1. The number of aromatic hydroxyl groups is 1. The van der Waals surface area contributed by atoms with Gasteiger partial charge in [0.25, 0.3) is 0 Å². The molecule has 0 bridgehead atoms. The molecule has 0 aromatic heterocycles. The van der Waals surface area contributed by atoms with Crippen LogP contribution in [0.15, 0.2) is 18.2 Å². The van der Waals surface area contributed by atoms with E-state index in [9.17, 15) is 5.11 Å². The highest BCUT2D eigenvalue weighted by Gasteiger charge is 2.19. The van der Waals surface area contributed by atoms with Gasteiger partial charge >= 0.3 is 0 Å². The molecule has 0 aliphatic heterocycles. The van der Waals surface area contributed by atoms with Gasteiger partial charge in [0, 0.05) is 0 Å². The Kier molecular flexibility index (Phi) is 6.85. The summed E-state index contributed by atoms with van der Waals surface area (Å²) in [5, 5.41) is 9.45. The van der Waals surface area contributed by atoms with Gasteiger partial charge in [-0.25, -0.2) is 0 Å². The summed E-state index contributed by atoms with van der Waals surface area (Å²) < 4.78 is 0. The molecule has 1 aliphatic rings. The number of fused-ring (bicyclic) bond motifs is 1. The number of hydrogen-bond donors (Lipinski definition) is 1. The van der Waals surface area contributed by atoms with Crippen molar-refractivity contribution in [1.29, 1.82) is 0 Å². The standard InChI is InChI=1S/C10H12O.2C2H6/c1-7-5-8-3-2-4-10(11)9(8)6-7;2*1-2/h2-4,7,11H,5-6H2,1H3;2*1-2H3. The van der Waals surface area contributed by atoms with Gasteiger partial charge in [0.1, 0.15) is 5.75 Å². The second-order valence-electron chi connectivity index (χ2n) is 3.43. The Balaban J connectivity index is 0.000000442. The maximum absolute atomic E-state index is 9.45. The van der Waals surface area contributed by atoms with Crippen LogP contribution in [-0.4, -0.2) is 5.11 Å². The van der Waals surface area contributed by atoms with Crippen LogP contribution in [0.1, 0.15) is 45.7 Å². The Hall–Kier alpha value is -0.980. The molecule has 1 aromatic rings. The van der Waals surface area contributed by atoms with Crippen molar-refractivity contribution in [3.63, 3.8) is 0 Å². The summed E-state index contributed by atoms with van der Waals surface area (Å²) in [6, 6.07) is 5.81. The molecule has 0 saturated heterocycles. The number of phenols is 1. The summed E-state index contributed by atoms with van der Waals surface area (Å²) >= 11 is 0. The first-order valence-electron chi connectivity index (χ1n) is 6.07. The zero-order valence-electron chi connectivity index (χ0n) is 10.7. The van der Waals surface area contributed by atoms with E-state index >= 15 is 0 Å². The molecule has 1 N–H and O–H groups in total. The predicted octanol–water partition coefficient (Wildman–Crippen LogP) is 4.18. The SMILES string of the molecule is CC.CC.CC1Cc2cccc(O)c2C1. The summed E-state index contributed by atoms with van der Waals surface area (Å²) in [4.78, 5) is 0. The quantitative estimate of drug-likeness (QED) is 0.678. The summed E-state index contributed by atoms with van der Waals surface area (Å²) in [6.45, 7) is 10.2. The van der Waals surface area contributed by atoms with Crippen molar-refractivity contribution in [2.45, 2.75) is 47.5 Å². The molecule has 2 rings (SSSR count). The second kappa shape index (κ2) is 7.33. The lowest BCUT2D eigenvalue weighted by Gasteiger charge is -1.99. The van der Waals surface area contributed by atoms with E-state index in [-0.39, 0.29) is 0 Å². The van der Waals surface area contributed by atoms with Gasteiger partial charge in [-0.1, -0.05) is 46.8 Å². The van der Waals surface area contributed by atoms with Crippen molar-refractivity contribution in [3.8, 4) is 5.75 Å². The van der Waals surface area contributed by atoms with Crippen LogP contribution < -0.4 is 0 Å². The Morgan fingerprint density at radius 2 is 1.67 bits per heavy atom. The first-order chi connectivity index (χ1) is 7.27. The third kappa shape index (κ3) is 3.58. The Morgan fingerprint density at radius 1 is 1.07 bits per heavy atom. The van der Waals surface area contributed by atoms with E-state index in [4.69, 9.17) is 0 Å². The molecule has 15 heavy (non-hydrogen) atoms. The highest BCUT2D eigenvalue weighted by atomic mass is 16.3. The fourth-order valence-electron chi connectivity index (χ4n) is 1.84. The topological polar surface area (TPSA) is 20.2 Å². The third-order valence-corrected chi connectivity index (χ3v) is 2.37. The molecule has 1 nitrogen and oxygen atoms in total. The molecule has 1 aliphatic carbocycles. The lowest BCUT2D eigenvalue weighted by Crippen LogP contribution is -1.89. The number of benzene rings is 1. The zero-order valence-corrected chi connectivity index (χ0v) is 10.7. The summed E-state index contributed by atoms with van der Waals surface area (Å²) in [5.74, 6) is 1.19. The van der Waals surface area contributed by atoms with Crippen LogP contribution in [-0.2, 0) is 12.8 Å². The van der Waals surface area contributed by atoms with E-state index in [2.05, 4.69) is 13.0 Å². The minimum absolute atomic E-state index is 0.479. The Labute approximate surface area is 94.2 Å². The molecule has 1 unspecified atom stereocenters. The number of hydrogen-bond acceptors (Lipinski definition) is 1. The average Bonchev–Trinajstić information content (AvgIpc) is 2.66. The van der Waals surface area contributed by atoms with Crippen molar-refractivity contribution in [3.05, 3.63) is 29.3 Å². The molecule has 0 fully saturated rings. The lowest BCUT2D eigenvalue weighted by atomic mass is 10.1. The molecular weight excluding hydrogens is 184 g/mol. The highest BCUT2D eigenvalue weighted by Crippen LogP contribution is 2.32. The first kappa shape index (κ1) is 14.0.